The third kappa shape index (κ3) is 4.27. The Morgan fingerprint density at radius 2 is 2.10 bits per heavy atom. The Morgan fingerprint density at radius 1 is 1.30 bits per heavy atom. The maximum Gasteiger partial charge on any atom is 0.241 e. The van der Waals surface area contributed by atoms with Gasteiger partial charge in [-0.05, 0) is 25.0 Å². The third-order valence-electron chi connectivity index (χ3n) is 5.91. The summed E-state index contributed by atoms with van der Waals surface area (Å²) >= 11 is 1.51. The monoisotopic (exact) mass is 432 g/mol. The minimum Gasteiger partial charge on any atom is -0.461 e. The number of ether oxygens (including phenoxy) is 2. The fourth-order valence-electron chi connectivity index (χ4n) is 4.41. The lowest BCUT2D eigenvalue weighted by molar-refractivity contribution is -0.158. The average Bonchev–Trinajstić information content (AvgIpc) is 3.51. The van der Waals surface area contributed by atoms with E-state index in [1.54, 1.807) is 14.2 Å². The van der Waals surface area contributed by atoms with Gasteiger partial charge >= 0.3 is 0 Å². The zero-order chi connectivity index (χ0) is 21.1. The van der Waals surface area contributed by atoms with Gasteiger partial charge in [0.1, 0.15) is 23.2 Å². The molecule has 2 saturated heterocycles. The Morgan fingerprint density at radius 3 is 2.87 bits per heavy atom. The predicted molar refractivity (Wildman–Crippen MR) is 115 cm³/mol. The van der Waals surface area contributed by atoms with Crippen LogP contribution in [0.1, 0.15) is 25.0 Å². The topological polar surface area (TPSA) is 81.0 Å². The van der Waals surface area contributed by atoms with Gasteiger partial charge in [-0.2, -0.15) is 0 Å². The first-order chi connectivity index (χ1) is 14.6. The van der Waals surface area contributed by atoms with Crippen LogP contribution in [0.5, 0.6) is 0 Å². The smallest absolute Gasteiger partial charge is 0.241 e. The molecular formula is C22H28N2O5S. The van der Waals surface area contributed by atoms with Crippen molar-refractivity contribution in [2.45, 2.75) is 49.3 Å². The van der Waals surface area contributed by atoms with Gasteiger partial charge in [0.25, 0.3) is 0 Å². The van der Waals surface area contributed by atoms with Gasteiger partial charge < -0.3 is 18.8 Å². The molecule has 0 spiro atoms. The van der Waals surface area contributed by atoms with Crippen LogP contribution in [0.3, 0.4) is 0 Å². The number of carbonyl (C=O) groups is 2. The van der Waals surface area contributed by atoms with Crippen molar-refractivity contribution < 1.29 is 23.5 Å². The maximum absolute atomic E-state index is 13.3. The van der Waals surface area contributed by atoms with Crippen LogP contribution in [0.4, 0.5) is 0 Å². The molecule has 0 saturated carbocycles. The number of amides is 1. The fraction of sp³-hybridized carbons (Fsp3) is 0.545. The summed E-state index contributed by atoms with van der Waals surface area (Å²) < 4.78 is 16.6. The Hall–Kier alpha value is -1.87. The highest BCUT2D eigenvalue weighted by Gasteiger charge is 2.44. The number of para-hydroxylation sites is 1. The summed E-state index contributed by atoms with van der Waals surface area (Å²) in [7, 11) is 3.17. The van der Waals surface area contributed by atoms with Crippen molar-refractivity contribution in [2.75, 3.05) is 26.6 Å². The van der Waals surface area contributed by atoms with Crippen LogP contribution in [-0.2, 0) is 25.5 Å². The molecule has 3 heterocycles. The van der Waals surface area contributed by atoms with Crippen molar-refractivity contribution in [3.05, 3.63) is 36.1 Å². The molecule has 0 bridgehead atoms. The van der Waals surface area contributed by atoms with E-state index in [0.717, 1.165) is 29.6 Å². The summed E-state index contributed by atoms with van der Waals surface area (Å²) in [6, 6.07) is 9.17. The summed E-state index contributed by atoms with van der Waals surface area (Å²) in [6.07, 6.45) is 2.18. The largest absolute Gasteiger partial charge is 0.461 e. The SMILES string of the molecule is COC(OC)[C@@H]1CCCN1C(=O)[C@H]1NCSC1C(=O)CCc1cc2ccccc2o1. The number of rotatable bonds is 8. The zero-order valence-electron chi connectivity index (χ0n) is 17.3. The number of furan rings is 1. The van der Waals surface area contributed by atoms with Crippen molar-refractivity contribution >= 4 is 34.4 Å². The number of methoxy groups -OCH3 is 2. The highest BCUT2D eigenvalue weighted by Crippen LogP contribution is 2.29. The second kappa shape index (κ2) is 9.51. The van der Waals surface area contributed by atoms with Gasteiger partial charge in [0.15, 0.2) is 6.29 Å². The molecule has 0 radical (unpaired) electrons. The molecule has 1 aromatic carbocycles. The Balaban J connectivity index is 1.39. The first-order valence-corrected chi connectivity index (χ1v) is 11.4. The van der Waals surface area contributed by atoms with E-state index >= 15 is 0 Å². The molecule has 1 amide bonds. The minimum atomic E-state index is -0.506. The summed E-state index contributed by atoms with van der Waals surface area (Å²) in [6.45, 7) is 0.662. The van der Waals surface area contributed by atoms with Crippen LogP contribution < -0.4 is 5.32 Å². The minimum absolute atomic E-state index is 0.0383. The number of Topliss-reactive ketones (excluding diaryl/α,β-unsaturated/α-hetero) is 1. The molecule has 2 aliphatic heterocycles. The van der Waals surface area contributed by atoms with Crippen LogP contribution >= 0.6 is 11.8 Å². The van der Waals surface area contributed by atoms with Crippen LogP contribution in [-0.4, -0.2) is 66.9 Å². The molecule has 8 heteroatoms. The first-order valence-electron chi connectivity index (χ1n) is 10.3. The molecule has 1 N–H and O–H groups in total. The van der Waals surface area contributed by atoms with E-state index in [-0.39, 0.29) is 23.0 Å². The van der Waals surface area contributed by atoms with Crippen LogP contribution in [0.25, 0.3) is 11.0 Å². The molecule has 2 aromatic rings. The quantitative estimate of drug-likeness (QED) is 0.642. The van der Waals surface area contributed by atoms with Crippen molar-refractivity contribution in [3.8, 4) is 0 Å². The molecule has 30 heavy (non-hydrogen) atoms. The number of fused-ring (bicyclic) bond motifs is 1. The van der Waals surface area contributed by atoms with Gasteiger partial charge in [-0.1, -0.05) is 18.2 Å². The number of ketones is 1. The number of hydrogen-bond acceptors (Lipinski definition) is 7. The molecule has 2 fully saturated rings. The van der Waals surface area contributed by atoms with Crippen LogP contribution in [0.2, 0.25) is 0 Å². The van der Waals surface area contributed by atoms with Gasteiger partial charge in [0.05, 0.1) is 11.3 Å². The summed E-state index contributed by atoms with van der Waals surface area (Å²) in [5, 5.41) is 3.88. The summed E-state index contributed by atoms with van der Waals surface area (Å²) in [4.78, 5) is 28.1. The lowest BCUT2D eigenvalue weighted by Gasteiger charge is -2.32. The predicted octanol–water partition coefficient (Wildman–Crippen LogP) is 2.58. The average molecular weight is 433 g/mol. The van der Waals surface area contributed by atoms with E-state index < -0.39 is 12.3 Å². The van der Waals surface area contributed by atoms with Gasteiger partial charge in [-0.3, -0.25) is 14.9 Å². The standard InChI is InChI=1S/C22H28N2O5S/c1-27-22(28-2)16-7-5-11-24(16)21(26)19-20(30-13-23-19)17(25)10-9-15-12-14-6-3-4-8-18(14)29-15/h3-4,6,8,12,16,19-20,22-23H,5,7,9-11,13H2,1-2H3/t16-,19-,20?/m0/s1. The number of thioether (sulfide) groups is 1. The lowest BCUT2D eigenvalue weighted by atomic mass is 10.0. The van der Waals surface area contributed by atoms with Crippen molar-refractivity contribution in [1.82, 2.24) is 10.2 Å². The molecular weight excluding hydrogens is 404 g/mol. The first kappa shape index (κ1) is 21.4. The van der Waals surface area contributed by atoms with E-state index in [9.17, 15) is 9.59 Å². The molecule has 2 aliphatic rings. The van der Waals surface area contributed by atoms with E-state index in [0.29, 0.717) is 25.3 Å². The maximum atomic E-state index is 13.3. The number of nitrogens with zero attached hydrogens (tertiary/aromatic N) is 1. The number of likely N-dealkylation sites (tertiary alicyclic amines) is 1. The van der Waals surface area contributed by atoms with Crippen molar-refractivity contribution in [1.29, 1.82) is 0 Å². The van der Waals surface area contributed by atoms with Crippen molar-refractivity contribution in [2.24, 2.45) is 0 Å². The second-order valence-electron chi connectivity index (χ2n) is 7.71. The molecule has 162 valence electrons. The summed E-state index contributed by atoms with van der Waals surface area (Å²) in [5.74, 6) is 1.43. The van der Waals surface area contributed by atoms with E-state index in [4.69, 9.17) is 13.9 Å². The van der Waals surface area contributed by atoms with Gasteiger partial charge in [-0.25, -0.2) is 0 Å². The Labute approximate surface area is 180 Å². The highest BCUT2D eigenvalue weighted by atomic mass is 32.2. The Kier molecular flexibility index (Phi) is 6.77. The fourth-order valence-corrected chi connectivity index (χ4v) is 5.58. The number of carbonyl (C=O) groups excluding carboxylic acids is 2. The highest BCUT2D eigenvalue weighted by molar-refractivity contribution is 8.00. The van der Waals surface area contributed by atoms with Gasteiger partial charge in [0.2, 0.25) is 5.91 Å². The summed E-state index contributed by atoms with van der Waals surface area (Å²) in [5.41, 5.74) is 0.829. The molecule has 3 atom stereocenters. The molecule has 7 nitrogen and oxygen atoms in total. The molecule has 4 rings (SSSR count). The van der Waals surface area contributed by atoms with Gasteiger partial charge in [-0.15, -0.1) is 11.8 Å². The lowest BCUT2D eigenvalue weighted by Crippen LogP contribution is -2.54. The number of benzene rings is 1. The van der Waals surface area contributed by atoms with E-state index in [1.165, 1.54) is 11.8 Å². The normalized spacial score (nSPS) is 24.2. The van der Waals surface area contributed by atoms with Crippen LogP contribution in [0, 0.1) is 0 Å². The molecule has 1 unspecified atom stereocenters. The van der Waals surface area contributed by atoms with E-state index in [1.807, 2.05) is 35.2 Å². The molecule has 1 aromatic heterocycles. The Bertz CT molecular complexity index is 864. The molecule has 0 aliphatic carbocycles. The second-order valence-corrected chi connectivity index (χ2v) is 8.84. The number of aryl methyl sites for hydroxylation is 1. The number of hydrogen-bond donors (Lipinski definition) is 1. The van der Waals surface area contributed by atoms with E-state index in [2.05, 4.69) is 5.32 Å². The zero-order valence-corrected chi connectivity index (χ0v) is 18.2. The number of nitrogens with one attached hydrogen (secondary N) is 1. The third-order valence-corrected chi connectivity index (χ3v) is 7.14. The van der Waals surface area contributed by atoms with Crippen molar-refractivity contribution in [3.63, 3.8) is 0 Å². The van der Waals surface area contributed by atoms with Gasteiger partial charge in [0, 0.05) is 44.9 Å². The van der Waals surface area contributed by atoms with Crippen LogP contribution in [0.15, 0.2) is 34.7 Å².